The van der Waals surface area contributed by atoms with E-state index in [0.29, 0.717) is 17.9 Å². The molecule has 1 aliphatic carbocycles. The third kappa shape index (κ3) is 4.38. The van der Waals surface area contributed by atoms with Gasteiger partial charge in [-0.3, -0.25) is 9.69 Å². The normalized spacial score (nSPS) is 21.1. The lowest BCUT2D eigenvalue weighted by molar-refractivity contribution is -0.136. The largest absolute Gasteiger partial charge is 0.342 e. The number of hydrogen-bond acceptors (Lipinski definition) is 4. The van der Waals surface area contributed by atoms with Crippen molar-refractivity contribution in [1.29, 1.82) is 0 Å². The van der Waals surface area contributed by atoms with Crippen LogP contribution in [0.3, 0.4) is 0 Å². The zero-order valence-electron chi connectivity index (χ0n) is 20.6. The molecule has 0 N–H and O–H groups in total. The summed E-state index contributed by atoms with van der Waals surface area (Å²) in [5, 5.41) is 0. The van der Waals surface area contributed by atoms with E-state index in [1.165, 1.54) is 36.2 Å². The molecule has 1 amide bonds. The van der Waals surface area contributed by atoms with Gasteiger partial charge in [-0.1, -0.05) is 43.3 Å². The van der Waals surface area contributed by atoms with Crippen molar-refractivity contribution in [2.45, 2.75) is 51.5 Å². The number of amides is 1. The molecule has 1 atom stereocenters. The minimum atomic E-state index is 0.281. The van der Waals surface area contributed by atoms with E-state index in [0.717, 1.165) is 55.7 Å². The second-order valence-corrected chi connectivity index (χ2v) is 10.7. The first-order chi connectivity index (χ1) is 17.1. The highest BCUT2D eigenvalue weighted by Crippen LogP contribution is 2.48. The van der Waals surface area contributed by atoms with Crippen LogP contribution in [0.1, 0.15) is 54.5 Å². The lowest BCUT2D eigenvalue weighted by Crippen LogP contribution is -2.61. The number of aromatic nitrogens is 2. The maximum absolute atomic E-state index is 12.9. The summed E-state index contributed by atoms with van der Waals surface area (Å²) in [5.41, 5.74) is 6.91. The second-order valence-electron chi connectivity index (χ2n) is 10.7. The number of carbonyl (C=O) groups is 1. The van der Waals surface area contributed by atoms with Gasteiger partial charge in [-0.15, -0.1) is 0 Å². The Labute approximate surface area is 208 Å². The third-order valence-corrected chi connectivity index (χ3v) is 8.49. The maximum Gasteiger partial charge on any atom is 0.226 e. The fourth-order valence-corrected chi connectivity index (χ4v) is 6.32. The number of rotatable bonds is 5. The molecule has 1 aromatic heterocycles. The summed E-state index contributed by atoms with van der Waals surface area (Å²) in [4.78, 5) is 26.5. The van der Waals surface area contributed by atoms with Crippen molar-refractivity contribution in [2.75, 3.05) is 26.2 Å². The van der Waals surface area contributed by atoms with E-state index in [1.54, 1.807) is 12.4 Å². The lowest BCUT2D eigenvalue weighted by atomic mass is 9.71. The van der Waals surface area contributed by atoms with Crippen LogP contribution in [0.5, 0.6) is 0 Å². The van der Waals surface area contributed by atoms with Crippen LogP contribution in [0, 0.1) is 5.41 Å². The molecule has 1 unspecified atom stereocenters. The van der Waals surface area contributed by atoms with Gasteiger partial charge < -0.3 is 4.90 Å². The van der Waals surface area contributed by atoms with Crippen LogP contribution in [0.2, 0.25) is 0 Å². The van der Waals surface area contributed by atoms with Crippen molar-refractivity contribution in [2.24, 2.45) is 5.41 Å². The average molecular weight is 467 g/mol. The van der Waals surface area contributed by atoms with E-state index in [-0.39, 0.29) is 5.91 Å². The quantitative estimate of drug-likeness (QED) is 0.539. The minimum absolute atomic E-state index is 0.281. The van der Waals surface area contributed by atoms with Gasteiger partial charge in [0.1, 0.15) is 0 Å². The van der Waals surface area contributed by atoms with E-state index in [4.69, 9.17) is 0 Å². The van der Waals surface area contributed by atoms with Gasteiger partial charge in [-0.2, -0.15) is 0 Å². The van der Waals surface area contributed by atoms with E-state index < -0.39 is 0 Å². The van der Waals surface area contributed by atoms with Gasteiger partial charge in [-0.05, 0) is 71.9 Å². The monoisotopic (exact) mass is 466 g/mol. The Morgan fingerprint density at radius 2 is 1.71 bits per heavy atom. The van der Waals surface area contributed by atoms with Gasteiger partial charge in [0.15, 0.2) is 5.82 Å². The molecule has 2 fully saturated rings. The van der Waals surface area contributed by atoms with Crippen LogP contribution in [-0.2, 0) is 24.1 Å². The number of benzene rings is 2. The molecule has 3 aliphatic rings. The number of aryl methyl sites for hydroxylation is 2. The topological polar surface area (TPSA) is 49.3 Å². The molecule has 5 nitrogen and oxygen atoms in total. The fraction of sp³-hybridized carbons (Fsp3) is 0.433. The zero-order valence-corrected chi connectivity index (χ0v) is 20.6. The summed E-state index contributed by atoms with van der Waals surface area (Å²) in [5.74, 6) is 1.09. The molecule has 6 rings (SSSR count). The van der Waals surface area contributed by atoms with Gasteiger partial charge in [-0.25, -0.2) is 9.97 Å². The third-order valence-electron chi connectivity index (χ3n) is 8.49. The van der Waals surface area contributed by atoms with E-state index in [9.17, 15) is 4.79 Å². The van der Waals surface area contributed by atoms with Crippen LogP contribution >= 0.6 is 0 Å². The summed E-state index contributed by atoms with van der Waals surface area (Å²) >= 11 is 0. The van der Waals surface area contributed by atoms with Crippen LogP contribution in [-0.4, -0.2) is 51.9 Å². The van der Waals surface area contributed by atoms with Crippen LogP contribution < -0.4 is 0 Å². The molecule has 0 saturated carbocycles. The summed E-state index contributed by atoms with van der Waals surface area (Å²) in [6, 6.07) is 17.7. The summed E-state index contributed by atoms with van der Waals surface area (Å²) < 4.78 is 0. The molecule has 3 heterocycles. The van der Waals surface area contributed by atoms with Crippen molar-refractivity contribution in [3.05, 3.63) is 83.2 Å². The first kappa shape index (κ1) is 22.4. The van der Waals surface area contributed by atoms with Crippen molar-refractivity contribution < 1.29 is 4.79 Å². The van der Waals surface area contributed by atoms with Crippen molar-refractivity contribution in [3.8, 4) is 11.4 Å². The minimum Gasteiger partial charge on any atom is -0.342 e. The molecule has 2 aromatic carbocycles. The molecule has 180 valence electrons. The Hall–Kier alpha value is -3.05. The SMILES string of the molecule is CCc1ccc(CC(=O)N2CCC3(CC2)CN(C2CCc4cc(-c5ncccn5)ccc42)C3)cc1. The van der Waals surface area contributed by atoms with Gasteiger partial charge in [0.05, 0.1) is 6.42 Å². The number of hydrogen-bond donors (Lipinski definition) is 0. The molecule has 35 heavy (non-hydrogen) atoms. The lowest BCUT2D eigenvalue weighted by Gasteiger charge is -2.56. The number of fused-ring (bicyclic) bond motifs is 1. The van der Waals surface area contributed by atoms with Gasteiger partial charge in [0, 0.05) is 50.2 Å². The Morgan fingerprint density at radius 3 is 2.43 bits per heavy atom. The predicted molar refractivity (Wildman–Crippen MR) is 138 cm³/mol. The predicted octanol–water partition coefficient (Wildman–Crippen LogP) is 4.86. The standard InChI is InChI=1S/C30H34N4O/c1-2-22-4-6-23(7-5-22)18-28(35)33-16-12-30(13-17-33)20-34(21-30)27-11-9-24-19-25(8-10-26(24)27)29-31-14-3-15-32-29/h3-8,10,14-15,19,27H,2,9,11-13,16-18,20-21H2,1H3. The molecule has 5 heteroatoms. The van der Waals surface area contributed by atoms with Crippen molar-refractivity contribution in [1.82, 2.24) is 19.8 Å². The highest BCUT2D eigenvalue weighted by atomic mass is 16.2. The van der Waals surface area contributed by atoms with Crippen LogP contribution in [0.25, 0.3) is 11.4 Å². The first-order valence-corrected chi connectivity index (χ1v) is 13.1. The first-order valence-electron chi connectivity index (χ1n) is 13.1. The highest BCUT2D eigenvalue weighted by Gasteiger charge is 2.48. The second kappa shape index (κ2) is 9.19. The van der Waals surface area contributed by atoms with Crippen LogP contribution in [0.15, 0.2) is 60.9 Å². The van der Waals surface area contributed by atoms with E-state index in [2.05, 4.69) is 69.2 Å². The molecule has 2 aliphatic heterocycles. The Morgan fingerprint density at radius 1 is 1.00 bits per heavy atom. The van der Waals surface area contributed by atoms with Crippen molar-refractivity contribution in [3.63, 3.8) is 0 Å². The summed E-state index contributed by atoms with van der Waals surface area (Å²) in [6.07, 6.45) is 9.77. The summed E-state index contributed by atoms with van der Waals surface area (Å²) in [6.45, 7) is 6.30. The van der Waals surface area contributed by atoms with E-state index in [1.807, 2.05) is 6.07 Å². The summed E-state index contributed by atoms with van der Waals surface area (Å²) in [7, 11) is 0. The average Bonchev–Trinajstić information content (AvgIpc) is 3.31. The highest BCUT2D eigenvalue weighted by molar-refractivity contribution is 5.79. The number of carbonyl (C=O) groups excluding carboxylic acids is 1. The molecule has 0 radical (unpaired) electrons. The maximum atomic E-state index is 12.9. The number of piperidine rings is 1. The molecule has 0 bridgehead atoms. The van der Waals surface area contributed by atoms with Crippen LogP contribution in [0.4, 0.5) is 0 Å². The Kier molecular flexibility index (Phi) is 5.89. The smallest absolute Gasteiger partial charge is 0.226 e. The van der Waals surface area contributed by atoms with Gasteiger partial charge in [0.2, 0.25) is 5.91 Å². The molecular formula is C30H34N4O. The molecular weight excluding hydrogens is 432 g/mol. The van der Waals surface area contributed by atoms with Crippen molar-refractivity contribution >= 4 is 5.91 Å². The van der Waals surface area contributed by atoms with Gasteiger partial charge in [0.25, 0.3) is 0 Å². The molecule has 2 saturated heterocycles. The Bertz CT molecular complexity index is 1190. The van der Waals surface area contributed by atoms with Gasteiger partial charge >= 0.3 is 0 Å². The number of likely N-dealkylation sites (tertiary alicyclic amines) is 2. The zero-order chi connectivity index (χ0) is 23.8. The molecule has 3 aromatic rings. The van der Waals surface area contributed by atoms with E-state index >= 15 is 0 Å². The number of nitrogens with zero attached hydrogens (tertiary/aromatic N) is 4. The molecule has 1 spiro atoms. The Balaban J connectivity index is 1.03. The fourth-order valence-electron chi connectivity index (χ4n) is 6.32.